The highest BCUT2D eigenvalue weighted by Crippen LogP contribution is 2.33. The van der Waals surface area contributed by atoms with Gasteiger partial charge in [-0.05, 0) is 30.9 Å². The van der Waals surface area contributed by atoms with E-state index in [0.717, 1.165) is 17.6 Å². The molecular formula is C12H16O2. The van der Waals surface area contributed by atoms with Gasteiger partial charge in [-0.1, -0.05) is 24.8 Å². The molecule has 2 nitrogen and oxygen atoms in total. The van der Waals surface area contributed by atoms with Crippen LogP contribution in [0.15, 0.2) is 36.0 Å². The number of methoxy groups -OCH3 is 1. The first kappa shape index (κ1) is 10.8. The Hall–Kier alpha value is -1.31. The van der Waals surface area contributed by atoms with Gasteiger partial charge < -0.3 is 4.74 Å². The van der Waals surface area contributed by atoms with Crippen molar-refractivity contribution in [1.82, 2.24) is 0 Å². The molecule has 2 heteroatoms. The summed E-state index contributed by atoms with van der Waals surface area (Å²) in [6, 6.07) is 0. The van der Waals surface area contributed by atoms with Gasteiger partial charge in [0.15, 0.2) is 0 Å². The lowest BCUT2D eigenvalue weighted by Gasteiger charge is -2.24. The predicted octanol–water partition coefficient (Wildman–Crippen LogP) is 2.63. The van der Waals surface area contributed by atoms with Gasteiger partial charge in [0.2, 0.25) is 0 Å². The van der Waals surface area contributed by atoms with Crippen LogP contribution >= 0.6 is 0 Å². The van der Waals surface area contributed by atoms with E-state index in [0.29, 0.717) is 6.42 Å². The van der Waals surface area contributed by atoms with Crippen molar-refractivity contribution in [2.24, 2.45) is 5.92 Å². The molecule has 14 heavy (non-hydrogen) atoms. The molecule has 0 heterocycles. The largest absolute Gasteiger partial charge is 0.469 e. The SMILES string of the molecule is C=CC1=C(C)CC(C(=O)OC)CC1=C. The van der Waals surface area contributed by atoms with Gasteiger partial charge in [0.25, 0.3) is 0 Å². The molecule has 0 N–H and O–H groups in total. The van der Waals surface area contributed by atoms with Crippen LogP contribution in [0.2, 0.25) is 0 Å². The Labute approximate surface area is 85.0 Å². The third kappa shape index (κ3) is 1.95. The van der Waals surface area contributed by atoms with E-state index in [1.165, 1.54) is 12.7 Å². The maximum absolute atomic E-state index is 11.3. The second kappa shape index (κ2) is 4.27. The maximum Gasteiger partial charge on any atom is 0.309 e. The molecule has 0 aromatic heterocycles. The molecule has 0 aliphatic heterocycles. The summed E-state index contributed by atoms with van der Waals surface area (Å²) in [5.74, 6) is -0.204. The molecule has 0 saturated heterocycles. The van der Waals surface area contributed by atoms with Crippen molar-refractivity contribution in [3.63, 3.8) is 0 Å². The van der Waals surface area contributed by atoms with Gasteiger partial charge in [-0.3, -0.25) is 4.79 Å². The standard InChI is InChI=1S/C12H16O2/c1-5-11-8(2)6-10(7-9(11)3)12(13)14-4/h5,10H,1-2,6-7H2,3-4H3. The van der Waals surface area contributed by atoms with Crippen LogP contribution in [-0.2, 0) is 9.53 Å². The van der Waals surface area contributed by atoms with Crippen LogP contribution in [0.3, 0.4) is 0 Å². The average Bonchev–Trinajstić information content (AvgIpc) is 2.16. The molecular weight excluding hydrogens is 176 g/mol. The molecule has 0 fully saturated rings. The lowest BCUT2D eigenvalue weighted by molar-refractivity contribution is -0.145. The van der Waals surface area contributed by atoms with Gasteiger partial charge in [0.1, 0.15) is 0 Å². The highest BCUT2D eigenvalue weighted by molar-refractivity contribution is 5.74. The summed E-state index contributed by atoms with van der Waals surface area (Å²) in [5.41, 5.74) is 3.26. The van der Waals surface area contributed by atoms with Crippen molar-refractivity contribution in [2.75, 3.05) is 7.11 Å². The second-order valence-electron chi connectivity index (χ2n) is 3.63. The summed E-state index contributed by atoms with van der Waals surface area (Å²) in [7, 11) is 1.42. The smallest absolute Gasteiger partial charge is 0.309 e. The van der Waals surface area contributed by atoms with Crippen molar-refractivity contribution < 1.29 is 9.53 Å². The van der Waals surface area contributed by atoms with E-state index >= 15 is 0 Å². The molecule has 1 aliphatic rings. The van der Waals surface area contributed by atoms with E-state index in [2.05, 4.69) is 13.2 Å². The second-order valence-corrected chi connectivity index (χ2v) is 3.63. The topological polar surface area (TPSA) is 26.3 Å². The number of ether oxygens (including phenoxy) is 1. The van der Waals surface area contributed by atoms with Crippen molar-refractivity contribution in [3.05, 3.63) is 36.0 Å². The van der Waals surface area contributed by atoms with Crippen molar-refractivity contribution in [2.45, 2.75) is 19.8 Å². The van der Waals surface area contributed by atoms with Crippen LogP contribution in [0.25, 0.3) is 0 Å². The summed E-state index contributed by atoms with van der Waals surface area (Å²) in [5, 5.41) is 0. The summed E-state index contributed by atoms with van der Waals surface area (Å²) < 4.78 is 4.73. The lowest BCUT2D eigenvalue weighted by atomic mass is 9.82. The first-order chi connectivity index (χ1) is 6.60. The van der Waals surface area contributed by atoms with Gasteiger partial charge >= 0.3 is 5.97 Å². The lowest BCUT2D eigenvalue weighted by Crippen LogP contribution is -2.21. The molecule has 0 saturated carbocycles. The Balaban J connectivity index is 2.88. The molecule has 76 valence electrons. The minimum Gasteiger partial charge on any atom is -0.469 e. The molecule has 0 spiro atoms. The highest BCUT2D eigenvalue weighted by Gasteiger charge is 2.26. The monoisotopic (exact) mass is 192 g/mol. The number of hydrogen-bond donors (Lipinski definition) is 0. The van der Waals surface area contributed by atoms with E-state index in [1.807, 2.05) is 13.0 Å². The molecule has 0 aromatic rings. The number of allylic oxidation sites excluding steroid dienone is 4. The summed E-state index contributed by atoms with van der Waals surface area (Å²) >= 11 is 0. The van der Waals surface area contributed by atoms with E-state index in [4.69, 9.17) is 4.74 Å². The third-order valence-corrected chi connectivity index (χ3v) is 2.62. The molecule has 0 aromatic carbocycles. The van der Waals surface area contributed by atoms with Crippen LogP contribution in [0.4, 0.5) is 0 Å². The van der Waals surface area contributed by atoms with Crippen molar-refractivity contribution in [3.8, 4) is 0 Å². The Bertz CT molecular complexity index is 310. The molecule has 1 atom stereocenters. The number of carbonyl (C=O) groups is 1. The summed E-state index contributed by atoms with van der Waals surface area (Å²) in [6.07, 6.45) is 3.25. The Morgan fingerprint density at radius 3 is 2.64 bits per heavy atom. The fraction of sp³-hybridized carbons (Fsp3) is 0.417. The van der Waals surface area contributed by atoms with E-state index < -0.39 is 0 Å². The first-order valence-corrected chi connectivity index (χ1v) is 4.68. The Kier molecular flexibility index (Phi) is 3.28. The fourth-order valence-electron chi connectivity index (χ4n) is 1.91. The molecule has 1 aliphatic carbocycles. The first-order valence-electron chi connectivity index (χ1n) is 4.68. The van der Waals surface area contributed by atoms with E-state index in [-0.39, 0.29) is 11.9 Å². The Morgan fingerprint density at radius 1 is 1.57 bits per heavy atom. The molecule has 0 amide bonds. The molecule has 1 unspecified atom stereocenters. The van der Waals surface area contributed by atoms with Gasteiger partial charge in [-0.15, -0.1) is 0 Å². The highest BCUT2D eigenvalue weighted by atomic mass is 16.5. The third-order valence-electron chi connectivity index (χ3n) is 2.62. The van der Waals surface area contributed by atoms with Crippen molar-refractivity contribution >= 4 is 5.97 Å². The van der Waals surface area contributed by atoms with Crippen molar-refractivity contribution in [1.29, 1.82) is 0 Å². The normalized spacial score (nSPS) is 22.1. The minimum atomic E-state index is -0.145. The van der Waals surface area contributed by atoms with E-state index in [1.54, 1.807) is 0 Å². The number of esters is 1. The fourth-order valence-corrected chi connectivity index (χ4v) is 1.91. The van der Waals surface area contributed by atoms with Crippen LogP contribution in [0, 0.1) is 5.92 Å². The predicted molar refractivity (Wildman–Crippen MR) is 56.8 cm³/mol. The summed E-state index contributed by atoms with van der Waals surface area (Å²) in [6.45, 7) is 9.70. The number of hydrogen-bond acceptors (Lipinski definition) is 2. The number of rotatable bonds is 2. The van der Waals surface area contributed by atoms with Crippen LogP contribution in [0.1, 0.15) is 19.8 Å². The van der Waals surface area contributed by atoms with Crippen LogP contribution in [0.5, 0.6) is 0 Å². The Morgan fingerprint density at radius 2 is 2.21 bits per heavy atom. The van der Waals surface area contributed by atoms with Crippen LogP contribution < -0.4 is 0 Å². The zero-order chi connectivity index (χ0) is 10.7. The minimum absolute atomic E-state index is 0.0591. The van der Waals surface area contributed by atoms with E-state index in [9.17, 15) is 4.79 Å². The average molecular weight is 192 g/mol. The maximum atomic E-state index is 11.3. The molecule has 0 radical (unpaired) electrons. The molecule has 0 bridgehead atoms. The number of carbonyl (C=O) groups excluding carboxylic acids is 1. The quantitative estimate of drug-likeness (QED) is 0.629. The van der Waals surface area contributed by atoms with Gasteiger partial charge in [0.05, 0.1) is 13.0 Å². The van der Waals surface area contributed by atoms with Crippen LogP contribution in [-0.4, -0.2) is 13.1 Å². The summed E-state index contributed by atoms with van der Waals surface area (Å²) in [4.78, 5) is 11.3. The molecule has 1 rings (SSSR count). The zero-order valence-corrected chi connectivity index (χ0v) is 8.80. The zero-order valence-electron chi connectivity index (χ0n) is 8.80. The van der Waals surface area contributed by atoms with Gasteiger partial charge in [0, 0.05) is 0 Å². The van der Waals surface area contributed by atoms with Gasteiger partial charge in [-0.25, -0.2) is 0 Å². The van der Waals surface area contributed by atoms with Gasteiger partial charge in [-0.2, -0.15) is 0 Å².